The minimum absolute atomic E-state index is 0.0174. The third-order valence-electron chi connectivity index (χ3n) is 4.02. The van der Waals surface area contributed by atoms with Gasteiger partial charge in [-0.2, -0.15) is 4.98 Å². The number of hydrogen-bond acceptors (Lipinski definition) is 5. The highest BCUT2D eigenvalue weighted by atomic mass is 32.1. The van der Waals surface area contributed by atoms with E-state index in [2.05, 4.69) is 10.1 Å². The second-order valence-electron chi connectivity index (χ2n) is 5.68. The number of nitrogens with zero attached hydrogens (tertiary/aromatic N) is 3. The van der Waals surface area contributed by atoms with Gasteiger partial charge in [-0.3, -0.25) is 4.79 Å². The third-order valence-corrected chi connectivity index (χ3v) is 4.89. The molecular formula is C17H14FN3O2S. The Morgan fingerprint density at radius 2 is 2.12 bits per heavy atom. The summed E-state index contributed by atoms with van der Waals surface area (Å²) in [5, 5.41) is 6.04. The standard InChI is InChI=1S/C17H14FN3O2S/c18-12-3-5-13(6-4-12)21-10-11(8-16(21)22)17-19-15(23-20-17)9-14-2-1-7-24-14/h1-7,11H,8-10H2/t11-/m0/s1. The van der Waals surface area contributed by atoms with E-state index in [-0.39, 0.29) is 17.6 Å². The molecule has 0 spiro atoms. The van der Waals surface area contributed by atoms with Gasteiger partial charge in [0.2, 0.25) is 11.8 Å². The Labute approximate surface area is 141 Å². The molecule has 1 aromatic carbocycles. The smallest absolute Gasteiger partial charge is 0.231 e. The van der Waals surface area contributed by atoms with Crippen LogP contribution in [0.25, 0.3) is 0 Å². The summed E-state index contributed by atoms with van der Waals surface area (Å²) in [5.41, 5.74) is 0.686. The van der Waals surface area contributed by atoms with Gasteiger partial charge in [-0.25, -0.2) is 4.39 Å². The Morgan fingerprint density at radius 3 is 2.88 bits per heavy atom. The van der Waals surface area contributed by atoms with Crippen LogP contribution >= 0.6 is 11.3 Å². The summed E-state index contributed by atoms with van der Waals surface area (Å²) in [6.45, 7) is 0.475. The maximum Gasteiger partial charge on any atom is 0.231 e. The molecule has 0 unspecified atom stereocenters. The van der Waals surface area contributed by atoms with Crippen molar-refractivity contribution in [2.75, 3.05) is 11.4 Å². The van der Waals surface area contributed by atoms with Crippen molar-refractivity contribution in [1.82, 2.24) is 10.1 Å². The fourth-order valence-electron chi connectivity index (χ4n) is 2.82. The zero-order chi connectivity index (χ0) is 16.5. The zero-order valence-electron chi connectivity index (χ0n) is 12.7. The molecule has 0 aliphatic carbocycles. The Bertz CT molecular complexity index is 845. The number of amides is 1. The second-order valence-corrected chi connectivity index (χ2v) is 6.72. The Balaban J connectivity index is 1.48. The molecule has 5 nitrogen and oxygen atoms in total. The fraction of sp³-hybridized carbons (Fsp3) is 0.235. The monoisotopic (exact) mass is 343 g/mol. The van der Waals surface area contributed by atoms with E-state index < -0.39 is 0 Å². The van der Waals surface area contributed by atoms with Gasteiger partial charge in [-0.15, -0.1) is 11.3 Å². The summed E-state index contributed by atoms with van der Waals surface area (Å²) >= 11 is 1.64. The van der Waals surface area contributed by atoms with Crippen molar-refractivity contribution >= 4 is 22.9 Å². The first-order valence-electron chi connectivity index (χ1n) is 7.60. The lowest BCUT2D eigenvalue weighted by Gasteiger charge is -2.15. The minimum atomic E-state index is -0.321. The summed E-state index contributed by atoms with van der Waals surface area (Å²) in [4.78, 5) is 19.5. The fourth-order valence-corrected chi connectivity index (χ4v) is 3.51. The lowest BCUT2D eigenvalue weighted by Crippen LogP contribution is -2.24. The molecule has 1 saturated heterocycles. The molecule has 24 heavy (non-hydrogen) atoms. The zero-order valence-corrected chi connectivity index (χ0v) is 13.5. The lowest BCUT2D eigenvalue weighted by molar-refractivity contribution is -0.117. The number of hydrogen-bond donors (Lipinski definition) is 0. The summed E-state index contributed by atoms with van der Waals surface area (Å²) in [6, 6.07) is 9.91. The number of rotatable bonds is 4. The molecule has 4 rings (SSSR count). The van der Waals surface area contributed by atoms with Crippen molar-refractivity contribution in [2.45, 2.75) is 18.8 Å². The molecule has 1 fully saturated rings. The Hall–Kier alpha value is -2.54. The van der Waals surface area contributed by atoms with E-state index in [4.69, 9.17) is 4.52 Å². The van der Waals surface area contributed by atoms with Crippen molar-refractivity contribution in [3.05, 3.63) is 64.2 Å². The molecule has 1 aliphatic rings. The first-order valence-corrected chi connectivity index (χ1v) is 8.48. The molecular weight excluding hydrogens is 329 g/mol. The van der Waals surface area contributed by atoms with Gasteiger partial charge in [-0.05, 0) is 35.7 Å². The molecule has 7 heteroatoms. The second kappa shape index (κ2) is 6.16. The van der Waals surface area contributed by atoms with E-state index in [1.807, 2.05) is 17.5 Å². The van der Waals surface area contributed by atoms with Crippen molar-refractivity contribution in [3.8, 4) is 0 Å². The van der Waals surface area contributed by atoms with Crippen LogP contribution < -0.4 is 4.90 Å². The highest BCUT2D eigenvalue weighted by Gasteiger charge is 2.34. The predicted octanol–water partition coefficient (Wildman–Crippen LogP) is 3.38. The van der Waals surface area contributed by atoms with Crippen LogP contribution in [-0.4, -0.2) is 22.6 Å². The van der Waals surface area contributed by atoms with E-state index in [1.54, 1.807) is 28.4 Å². The topological polar surface area (TPSA) is 59.2 Å². The van der Waals surface area contributed by atoms with Crippen LogP contribution in [0.2, 0.25) is 0 Å². The van der Waals surface area contributed by atoms with Crippen LogP contribution in [0.15, 0.2) is 46.3 Å². The summed E-state index contributed by atoms with van der Waals surface area (Å²) in [7, 11) is 0. The predicted molar refractivity (Wildman–Crippen MR) is 87.5 cm³/mol. The summed E-state index contributed by atoms with van der Waals surface area (Å²) < 4.78 is 18.3. The molecule has 1 aliphatic heterocycles. The quantitative estimate of drug-likeness (QED) is 0.729. The van der Waals surface area contributed by atoms with Gasteiger partial charge >= 0.3 is 0 Å². The molecule has 0 saturated carbocycles. The molecule has 2 aromatic heterocycles. The molecule has 122 valence electrons. The molecule has 0 radical (unpaired) electrons. The third kappa shape index (κ3) is 2.94. The van der Waals surface area contributed by atoms with Gasteiger partial charge in [0, 0.05) is 29.4 Å². The number of carbonyl (C=O) groups is 1. The van der Waals surface area contributed by atoms with Crippen LogP contribution in [0.4, 0.5) is 10.1 Å². The highest BCUT2D eigenvalue weighted by molar-refractivity contribution is 7.09. The number of anilines is 1. The van der Waals surface area contributed by atoms with E-state index in [0.29, 0.717) is 36.8 Å². The number of thiophene rings is 1. The van der Waals surface area contributed by atoms with Gasteiger partial charge in [0.15, 0.2) is 5.82 Å². The molecule has 3 aromatic rings. The lowest BCUT2D eigenvalue weighted by atomic mass is 10.1. The summed E-state index contributed by atoms with van der Waals surface area (Å²) in [5.74, 6) is 0.664. The minimum Gasteiger partial charge on any atom is -0.339 e. The number of carbonyl (C=O) groups excluding carboxylic acids is 1. The first-order chi connectivity index (χ1) is 11.7. The van der Waals surface area contributed by atoms with E-state index >= 15 is 0 Å². The van der Waals surface area contributed by atoms with Crippen molar-refractivity contribution in [2.24, 2.45) is 0 Å². The summed E-state index contributed by atoms with van der Waals surface area (Å²) in [6.07, 6.45) is 0.933. The van der Waals surface area contributed by atoms with Crippen molar-refractivity contribution < 1.29 is 13.7 Å². The molecule has 1 atom stereocenters. The van der Waals surface area contributed by atoms with Gasteiger partial charge in [0.1, 0.15) is 5.82 Å². The van der Waals surface area contributed by atoms with Crippen LogP contribution in [0.1, 0.15) is 28.9 Å². The van der Waals surface area contributed by atoms with Crippen molar-refractivity contribution in [3.63, 3.8) is 0 Å². The molecule has 0 N–H and O–H groups in total. The number of halogens is 1. The molecule has 1 amide bonds. The van der Waals surface area contributed by atoms with Crippen LogP contribution in [0, 0.1) is 5.82 Å². The maximum absolute atomic E-state index is 13.0. The number of benzene rings is 1. The Kier molecular flexibility index (Phi) is 3.86. The SMILES string of the molecule is O=C1C[C@H](c2noc(Cc3cccs3)n2)CN1c1ccc(F)cc1. The van der Waals surface area contributed by atoms with Crippen molar-refractivity contribution in [1.29, 1.82) is 0 Å². The average molecular weight is 343 g/mol. The van der Waals surface area contributed by atoms with Gasteiger partial charge in [0.25, 0.3) is 0 Å². The first kappa shape index (κ1) is 15.0. The number of aromatic nitrogens is 2. The normalized spacial score (nSPS) is 17.6. The largest absolute Gasteiger partial charge is 0.339 e. The average Bonchev–Trinajstić information content (AvgIpc) is 3.30. The molecule has 3 heterocycles. The molecule has 0 bridgehead atoms. The van der Waals surface area contributed by atoms with Crippen LogP contribution in [-0.2, 0) is 11.2 Å². The van der Waals surface area contributed by atoms with E-state index in [1.165, 1.54) is 12.1 Å². The maximum atomic E-state index is 13.0. The highest BCUT2D eigenvalue weighted by Crippen LogP contribution is 2.30. The van der Waals surface area contributed by atoms with Crippen LogP contribution in [0.5, 0.6) is 0 Å². The van der Waals surface area contributed by atoms with Gasteiger partial charge < -0.3 is 9.42 Å². The van der Waals surface area contributed by atoms with E-state index in [9.17, 15) is 9.18 Å². The van der Waals surface area contributed by atoms with Gasteiger partial charge in [-0.1, -0.05) is 11.2 Å². The van der Waals surface area contributed by atoms with E-state index in [0.717, 1.165) is 4.88 Å². The van der Waals surface area contributed by atoms with Gasteiger partial charge in [0.05, 0.1) is 6.42 Å². The van der Waals surface area contributed by atoms with Crippen LogP contribution in [0.3, 0.4) is 0 Å². The Morgan fingerprint density at radius 1 is 1.29 bits per heavy atom.